The highest BCUT2D eigenvalue weighted by Gasteiger charge is 2.31. The van der Waals surface area contributed by atoms with Gasteiger partial charge in [-0.3, -0.25) is 19.3 Å². The zero-order chi connectivity index (χ0) is 34.6. The third-order valence-electron chi connectivity index (χ3n) is 8.76. The van der Waals surface area contributed by atoms with Crippen LogP contribution in [0.4, 0.5) is 17.6 Å². The number of likely N-dealkylation sites (tertiary alicyclic amines) is 1. The fourth-order valence-electron chi connectivity index (χ4n) is 6.51. The summed E-state index contributed by atoms with van der Waals surface area (Å²) < 4.78 is 64.7. The zero-order valence-corrected chi connectivity index (χ0v) is 28.0. The number of nitrogens with zero attached hydrogens (tertiary/aromatic N) is 2. The van der Waals surface area contributed by atoms with Crippen LogP contribution < -0.4 is 5.56 Å². The molecule has 1 fully saturated rings. The van der Waals surface area contributed by atoms with Crippen LogP contribution in [0.5, 0.6) is 0 Å². The van der Waals surface area contributed by atoms with E-state index >= 15 is 8.78 Å². The van der Waals surface area contributed by atoms with Crippen LogP contribution in [-0.4, -0.2) is 53.6 Å². The predicted molar refractivity (Wildman–Crippen MR) is 174 cm³/mol. The smallest absolute Gasteiger partial charge is 0.306 e. The van der Waals surface area contributed by atoms with E-state index in [-0.39, 0.29) is 42.9 Å². The van der Waals surface area contributed by atoms with Crippen molar-refractivity contribution in [3.8, 4) is 11.1 Å². The fourth-order valence-corrected chi connectivity index (χ4v) is 6.51. The van der Waals surface area contributed by atoms with E-state index in [4.69, 9.17) is 4.74 Å². The molecule has 0 radical (unpaired) electrons. The van der Waals surface area contributed by atoms with Gasteiger partial charge in [0.05, 0.1) is 19.1 Å². The van der Waals surface area contributed by atoms with Crippen LogP contribution in [0.15, 0.2) is 41.3 Å². The van der Waals surface area contributed by atoms with E-state index in [9.17, 15) is 23.2 Å². The minimum Gasteiger partial charge on any atom is -0.466 e. The first-order valence-electron chi connectivity index (χ1n) is 16.2. The monoisotopic (exact) mass is 656 g/mol. The number of ether oxygens (including phenoxy) is 1. The van der Waals surface area contributed by atoms with Gasteiger partial charge in [-0.25, -0.2) is 17.6 Å². The van der Waals surface area contributed by atoms with Gasteiger partial charge in [-0.15, -0.1) is 0 Å². The summed E-state index contributed by atoms with van der Waals surface area (Å²) in [5.74, 6) is -4.08. The Morgan fingerprint density at radius 3 is 2.21 bits per heavy atom. The summed E-state index contributed by atoms with van der Waals surface area (Å²) >= 11 is 0. The van der Waals surface area contributed by atoms with E-state index in [2.05, 4.69) is 0 Å². The molecule has 1 saturated heterocycles. The molecule has 6 nitrogen and oxygen atoms in total. The number of carbonyl (C=O) groups excluding carboxylic acids is 2. The Bertz CT molecular complexity index is 1660. The topological polar surface area (TPSA) is 68.6 Å². The minimum absolute atomic E-state index is 0.0691. The molecule has 10 heteroatoms. The van der Waals surface area contributed by atoms with Crippen LogP contribution in [0.1, 0.15) is 79.8 Å². The Morgan fingerprint density at radius 2 is 1.62 bits per heavy atom. The normalized spacial score (nSPS) is 15.0. The average molecular weight is 657 g/mol. The van der Waals surface area contributed by atoms with Gasteiger partial charge in [0.1, 0.15) is 17.8 Å². The lowest BCUT2D eigenvalue weighted by molar-refractivity contribution is -0.143. The first-order chi connectivity index (χ1) is 22.2. The molecule has 254 valence electrons. The second-order valence-electron chi connectivity index (χ2n) is 13.1. The predicted octanol–water partition coefficient (Wildman–Crippen LogP) is 7.34. The van der Waals surface area contributed by atoms with Gasteiger partial charge in [-0.05, 0) is 116 Å². The Labute approximate surface area is 273 Å². The van der Waals surface area contributed by atoms with Gasteiger partial charge in [-0.2, -0.15) is 0 Å². The number of benzene rings is 2. The number of hydrogen-bond acceptors (Lipinski definition) is 5. The van der Waals surface area contributed by atoms with Gasteiger partial charge in [0.15, 0.2) is 11.6 Å². The fraction of sp³-hybridized carbons (Fsp3) is 0.486. The number of aromatic nitrogens is 1. The lowest BCUT2D eigenvalue weighted by atomic mass is 9.84. The number of Topliss-reactive ketones (excluding diaryl/α,β-unsaturated/α-hetero) is 1. The maximum Gasteiger partial charge on any atom is 0.306 e. The Hall–Kier alpha value is -3.79. The van der Waals surface area contributed by atoms with Crippen molar-refractivity contribution < 1.29 is 31.9 Å². The van der Waals surface area contributed by atoms with Crippen LogP contribution in [0.3, 0.4) is 0 Å². The van der Waals surface area contributed by atoms with Crippen molar-refractivity contribution in [2.75, 3.05) is 26.2 Å². The van der Waals surface area contributed by atoms with Crippen LogP contribution in [-0.2, 0) is 20.7 Å². The molecule has 3 aromatic rings. The van der Waals surface area contributed by atoms with E-state index < -0.39 is 52.9 Å². The van der Waals surface area contributed by atoms with Crippen molar-refractivity contribution in [2.24, 2.45) is 5.92 Å². The highest BCUT2D eigenvalue weighted by atomic mass is 19.1. The van der Waals surface area contributed by atoms with Crippen LogP contribution in [0.2, 0.25) is 0 Å². The Balaban J connectivity index is 1.74. The molecule has 1 aliphatic heterocycles. The summed E-state index contributed by atoms with van der Waals surface area (Å²) in [6.07, 6.45) is 0.547. The second-order valence-corrected chi connectivity index (χ2v) is 13.1. The third kappa shape index (κ3) is 8.77. The van der Waals surface area contributed by atoms with Crippen molar-refractivity contribution >= 4 is 11.8 Å². The Morgan fingerprint density at radius 1 is 0.957 bits per heavy atom. The molecule has 0 bridgehead atoms. The molecule has 0 amide bonds. The highest BCUT2D eigenvalue weighted by Crippen LogP contribution is 2.37. The standard InChI is InChI=1S/C37H44F4N2O4/c1-7-47-34(45)17-26(30-15-27(11-24(6)36(30)41)35-22(4)12-28(38)13-23(35)5)16-33(44)32(10-21(2)3)43-18-25(14-31(40)37(43)46)8-9-42-19-29(39)20-42/h11-15,18,21,26,29,32H,7-10,16-17,19-20H2,1-6H3/t26-,32?/m0/s1. The third-order valence-corrected chi connectivity index (χ3v) is 8.76. The van der Waals surface area contributed by atoms with E-state index in [1.165, 1.54) is 18.3 Å². The molecule has 1 aromatic heterocycles. The molecule has 1 unspecified atom stereocenters. The Kier molecular flexibility index (Phi) is 11.8. The summed E-state index contributed by atoms with van der Waals surface area (Å²) in [6, 6.07) is 6.10. The molecule has 1 aliphatic rings. The number of halogens is 4. The molecule has 0 spiro atoms. The van der Waals surface area contributed by atoms with Crippen molar-refractivity contribution in [2.45, 2.75) is 85.4 Å². The summed E-state index contributed by atoms with van der Waals surface area (Å²) in [4.78, 5) is 42.0. The largest absolute Gasteiger partial charge is 0.466 e. The molecule has 0 aliphatic carbocycles. The van der Waals surface area contributed by atoms with Gasteiger partial charge in [-0.1, -0.05) is 13.8 Å². The highest BCUT2D eigenvalue weighted by molar-refractivity contribution is 5.84. The van der Waals surface area contributed by atoms with Crippen molar-refractivity contribution in [3.05, 3.63) is 92.2 Å². The average Bonchev–Trinajstić information content (AvgIpc) is 2.96. The summed E-state index contributed by atoms with van der Waals surface area (Å²) in [6.45, 7) is 11.7. The zero-order valence-electron chi connectivity index (χ0n) is 28.0. The molecule has 47 heavy (non-hydrogen) atoms. The number of carbonyl (C=O) groups is 2. The van der Waals surface area contributed by atoms with Crippen LogP contribution in [0, 0.1) is 44.1 Å². The van der Waals surface area contributed by atoms with E-state index in [1.807, 2.05) is 18.7 Å². The number of aryl methyl sites for hydroxylation is 3. The minimum atomic E-state index is -1.07. The van der Waals surface area contributed by atoms with Gasteiger partial charge in [0.25, 0.3) is 5.56 Å². The maximum atomic E-state index is 16.0. The number of pyridine rings is 1. The summed E-state index contributed by atoms with van der Waals surface area (Å²) in [5.41, 5.74) is 2.58. The van der Waals surface area contributed by atoms with Gasteiger partial charge in [0.2, 0.25) is 0 Å². The number of alkyl halides is 1. The number of ketones is 1. The molecule has 0 saturated carbocycles. The van der Waals surface area contributed by atoms with Gasteiger partial charge >= 0.3 is 5.97 Å². The summed E-state index contributed by atoms with van der Waals surface area (Å²) in [5, 5.41) is 0. The quantitative estimate of drug-likeness (QED) is 0.134. The maximum absolute atomic E-state index is 16.0. The summed E-state index contributed by atoms with van der Waals surface area (Å²) in [7, 11) is 0. The number of esters is 1. The second kappa shape index (κ2) is 15.4. The molecule has 2 heterocycles. The van der Waals surface area contributed by atoms with Gasteiger partial charge in [0, 0.05) is 38.2 Å². The first kappa shape index (κ1) is 36.1. The number of rotatable bonds is 14. The molecule has 0 N–H and O–H groups in total. The molecular weight excluding hydrogens is 612 g/mol. The van der Waals surface area contributed by atoms with E-state index in [0.717, 1.165) is 10.6 Å². The van der Waals surface area contributed by atoms with Crippen LogP contribution in [0.25, 0.3) is 11.1 Å². The van der Waals surface area contributed by atoms with E-state index in [1.54, 1.807) is 39.8 Å². The molecule has 2 aromatic carbocycles. The molecule has 2 atom stereocenters. The van der Waals surface area contributed by atoms with Crippen molar-refractivity contribution in [1.29, 1.82) is 0 Å². The first-order valence-corrected chi connectivity index (χ1v) is 16.2. The van der Waals surface area contributed by atoms with Gasteiger partial charge < -0.3 is 9.30 Å². The molecule has 4 rings (SSSR count). The lowest BCUT2D eigenvalue weighted by Gasteiger charge is -2.34. The van der Waals surface area contributed by atoms with Crippen LogP contribution >= 0.6 is 0 Å². The molecular formula is C37H44F4N2O4. The number of hydrogen-bond donors (Lipinski definition) is 0. The van der Waals surface area contributed by atoms with E-state index in [0.29, 0.717) is 53.9 Å². The van der Waals surface area contributed by atoms with Crippen molar-refractivity contribution in [3.63, 3.8) is 0 Å². The van der Waals surface area contributed by atoms with Crippen molar-refractivity contribution in [1.82, 2.24) is 9.47 Å². The SMILES string of the molecule is CCOC(=O)C[C@H](CC(=O)C(CC(C)C)n1cc(CCN2CC(F)C2)cc(F)c1=O)c1cc(-c2c(C)cc(F)cc2C)cc(C)c1F. The lowest BCUT2D eigenvalue weighted by Crippen LogP contribution is -2.49.